The highest BCUT2D eigenvalue weighted by atomic mass is 35.5. The molecule has 1 aliphatic rings. The third-order valence-electron chi connectivity index (χ3n) is 3.94. The number of ether oxygens (including phenoxy) is 1. The minimum absolute atomic E-state index is 0.00405. The molecule has 2 aromatic rings. The van der Waals surface area contributed by atoms with Gasteiger partial charge in [0.2, 0.25) is 0 Å². The van der Waals surface area contributed by atoms with Crippen molar-refractivity contribution in [3.63, 3.8) is 0 Å². The molecule has 2 nitrogen and oxygen atoms in total. The highest BCUT2D eigenvalue weighted by molar-refractivity contribution is 7.98. The van der Waals surface area contributed by atoms with E-state index in [2.05, 4.69) is 0 Å². The van der Waals surface area contributed by atoms with E-state index in [1.54, 1.807) is 11.8 Å². The first-order valence-corrected chi connectivity index (χ1v) is 8.72. The van der Waals surface area contributed by atoms with E-state index in [9.17, 15) is 5.11 Å². The van der Waals surface area contributed by atoms with Crippen molar-refractivity contribution >= 4 is 23.4 Å². The standard InChI is InChI=1S/C18H19ClO2S/c1-18(2)17(20)16(14-5-3-4-6-15(14)21-18)22-11-12-7-9-13(19)10-8-12/h3-10,16-17,20H,11H2,1-2H3/t16-,17+/m1/s1. The molecule has 2 atom stereocenters. The summed E-state index contributed by atoms with van der Waals surface area (Å²) in [6, 6.07) is 15.8. The molecule has 116 valence electrons. The van der Waals surface area contributed by atoms with Gasteiger partial charge in [-0.05, 0) is 37.6 Å². The van der Waals surface area contributed by atoms with Crippen LogP contribution in [0.3, 0.4) is 0 Å². The van der Waals surface area contributed by atoms with Gasteiger partial charge in [-0.25, -0.2) is 0 Å². The second-order valence-corrected chi connectivity index (χ2v) is 7.61. The molecule has 0 aliphatic carbocycles. The van der Waals surface area contributed by atoms with E-state index < -0.39 is 11.7 Å². The van der Waals surface area contributed by atoms with Crippen LogP contribution in [0.25, 0.3) is 0 Å². The van der Waals surface area contributed by atoms with E-state index in [1.165, 1.54) is 5.56 Å². The summed E-state index contributed by atoms with van der Waals surface area (Å²) in [5.74, 6) is 1.69. The Hall–Kier alpha value is -1.16. The fourth-order valence-corrected chi connectivity index (χ4v) is 4.21. The molecule has 0 amide bonds. The van der Waals surface area contributed by atoms with Crippen molar-refractivity contribution in [1.29, 1.82) is 0 Å². The van der Waals surface area contributed by atoms with Crippen molar-refractivity contribution < 1.29 is 9.84 Å². The Labute approximate surface area is 140 Å². The lowest BCUT2D eigenvalue weighted by atomic mass is 9.90. The topological polar surface area (TPSA) is 29.5 Å². The summed E-state index contributed by atoms with van der Waals surface area (Å²) in [5.41, 5.74) is 1.67. The molecule has 1 aliphatic heterocycles. The first-order valence-electron chi connectivity index (χ1n) is 7.29. The molecular formula is C18H19ClO2S. The summed E-state index contributed by atoms with van der Waals surface area (Å²) in [5, 5.41) is 11.4. The third kappa shape index (κ3) is 3.12. The molecule has 3 rings (SSSR count). The maximum absolute atomic E-state index is 10.7. The smallest absolute Gasteiger partial charge is 0.131 e. The number of thioether (sulfide) groups is 1. The molecule has 0 radical (unpaired) electrons. The van der Waals surface area contributed by atoms with Gasteiger partial charge < -0.3 is 9.84 Å². The molecule has 0 unspecified atom stereocenters. The van der Waals surface area contributed by atoms with Crippen LogP contribution in [0.4, 0.5) is 0 Å². The van der Waals surface area contributed by atoms with Gasteiger partial charge in [-0.2, -0.15) is 0 Å². The normalized spacial score (nSPS) is 22.7. The average Bonchev–Trinajstić information content (AvgIpc) is 2.49. The fourth-order valence-electron chi connectivity index (χ4n) is 2.63. The van der Waals surface area contributed by atoms with E-state index in [0.29, 0.717) is 0 Å². The highest BCUT2D eigenvalue weighted by Gasteiger charge is 2.42. The van der Waals surface area contributed by atoms with Crippen molar-refractivity contribution in [1.82, 2.24) is 0 Å². The second kappa shape index (κ2) is 6.15. The summed E-state index contributed by atoms with van der Waals surface area (Å²) >= 11 is 7.66. The molecule has 1 N–H and O–H groups in total. The Morgan fingerprint density at radius 2 is 1.82 bits per heavy atom. The minimum Gasteiger partial charge on any atom is -0.485 e. The number of fused-ring (bicyclic) bond motifs is 1. The van der Waals surface area contributed by atoms with Crippen LogP contribution in [0.1, 0.15) is 30.2 Å². The zero-order chi connectivity index (χ0) is 15.7. The number of benzene rings is 2. The van der Waals surface area contributed by atoms with Gasteiger partial charge >= 0.3 is 0 Å². The van der Waals surface area contributed by atoms with E-state index >= 15 is 0 Å². The molecule has 0 aromatic heterocycles. The van der Waals surface area contributed by atoms with Gasteiger partial charge in [0, 0.05) is 16.3 Å². The lowest BCUT2D eigenvalue weighted by molar-refractivity contribution is -0.0429. The number of rotatable bonds is 3. The number of aliphatic hydroxyl groups is 1. The van der Waals surface area contributed by atoms with Gasteiger partial charge in [0.15, 0.2) is 0 Å². The SMILES string of the molecule is CC1(C)Oc2ccccc2[C@@H](SCc2ccc(Cl)cc2)[C@@H]1O. The summed E-state index contributed by atoms with van der Waals surface area (Å²) in [6.07, 6.45) is -0.556. The lowest BCUT2D eigenvalue weighted by Gasteiger charge is -2.41. The van der Waals surface area contributed by atoms with Crippen LogP contribution < -0.4 is 4.74 Å². The summed E-state index contributed by atoms with van der Waals surface area (Å²) < 4.78 is 5.95. The Morgan fingerprint density at radius 3 is 2.55 bits per heavy atom. The summed E-state index contributed by atoms with van der Waals surface area (Å²) in [4.78, 5) is 0. The molecule has 0 spiro atoms. The molecule has 0 bridgehead atoms. The van der Waals surface area contributed by atoms with Crippen LogP contribution in [0.5, 0.6) is 5.75 Å². The van der Waals surface area contributed by atoms with Gasteiger partial charge in [0.25, 0.3) is 0 Å². The number of para-hydroxylation sites is 1. The van der Waals surface area contributed by atoms with Crippen LogP contribution in [-0.4, -0.2) is 16.8 Å². The molecular weight excluding hydrogens is 316 g/mol. The quantitative estimate of drug-likeness (QED) is 0.870. The predicted octanol–water partition coefficient (Wildman–Crippen LogP) is 4.85. The average molecular weight is 335 g/mol. The number of halogens is 1. The van der Waals surface area contributed by atoms with Crippen molar-refractivity contribution in [3.8, 4) is 5.75 Å². The monoisotopic (exact) mass is 334 g/mol. The van der Waals surface area contributed by atoms with Crippen LogP contribution in [-0.2, 0) is 5.75 Å². The van der Waals surface area contributed by atoms with E-state index in [0.717, 1.165) is 22.1 Å². The zero-order valence-electron chi connectivity index (χ0n) is 12.6. The highest BCUT2D eigenvalue weighted by Crippen LogP contribution is 2.47. The maximum Gasteiger partial charge on any atom is 0.131 e. The van der Waals surface area contributed by atoms with Crippen LogP contribution in [0.2, 0.25) is 5.02 Å². The largest absolute Gasteiger partial charge is 0.485 e. The van der Waals surface area contributed by atoms with Gasteiger partial charge in [-0.1, -0.05) is 41.9 Å². The molecule has 1 heterocycles. The number of hydrogen-bond acceptors (Lipinski definition) is 3. The first-order chi connectivity index (χ1) is 10.5. The van der Waals surface area contributed by atoms with Crippen LogP contribution >= 0.6 is 23.4 Å². The number of aliphatic hydroxyl groups excluding tert-OH is 1. The minimum atomic E-state index is -0.591. The van der Waals surface area contributed by atoms with Crippen molar-refractivity contribution in [2.45, 2.75) is 36.6 Å². The Bertz CT molecular complexity index is 654. The van der Waals surface area contributed by atoms with Crippen LogP contribution in [0, 0.1) is 0 Å². The van der Waals surface area contributed by atoms with Gasteiger partial charge in [0.05, 0.1) is 5.25 Å². The molecule has 0 saturated heterocycles. The first kappa shape index (κ1) is 15.7. The summed E-state index contributed by atoms with van der Waals surface area (Å²) in [7, 11) is 0. The van der Waals surface area contributed by atoms with Crippen LogP contribution in [0.15, 0.2) is 48.5 Å². The predicted molar refractivity (Wildman–Crippen MR) is 92.6 cm³/mol. The Balaban J connectivity index is 1.83. The fraction of sp³-hybridized carbons (Fsp3) is 0.333. The Morgan fingerprint density at radius 1 is 1.14 bits per heavy atom. The second-order valence-electron chi connectivity index (χ2n) is 6.05. The Kier molecular flexibility index (Phi) is 4.40. The van der Waals surface area contributed by atoms with E-state index in [1.807, 2.05) is 62.4 Å². The molecule has 4 heteroatoms. The summed E-state index contributed by atoms with van der Waals surface area (Å²) in [6.45, 7) is 3.87. The van der Waals surface area contributed by atoms with E-state index in [-0.39, 0.29) is 5.25 Å². The van der Waals surface area contributed by atoms with Crippen molar-refractivity contribution in [3.05, 3.63) is 64.7 Å². The van der Waals surface area contributed by atoms with Crippen molar-refractivity contribution in [2.75, 3.05) is 0 Å². The van der Waals surface area contributed by atoms with E-state index in [4.69, 9.17) is 16.3 Å². The third-order valence-corrected chi connectivity index (χ3v) is 5.56. The van der Waals surface area contributed by atoms with Gasteiger partial charge in [0.1, 0.15) is 17.5 Å². The molecule has 22 heavy (non-hydrogen) atoms. The zero-order valence-corrected chi connectivity index (χ0v) is 14.2. The lowest BCUT2D eigenvalue weighted by Crippen LogP contribution is -2.48. The molecule has 0 fully saturated rings. The maximum atomic E-state index is 10.7. The number of hydrogen-bond donors (Lipinski definition) is 1. The van der Waals surface area contributed by atoms with Gasteiger partial charge in [-0.15, -0.1) is 11.8 Å². The molecule has 0 saturated carbocycles. The van der Waals surface area contributed by atoms with Gasteiger partial charge in [-0.3, -0.25) is 0 Å². The van der Waals surface area contributed by atoms with Crippen molar-refractivity contribution in [2.24, 2.45) is 0 Å². The molecule has 2 aromatic carbocycles.